The van der Waals surface area contributed by atoms with E-state index in [1.54, 1.807) is 41.8 Å². The number of hydrogen-bond acceptors (Lipinski definition) is 5. The Kier molecular flexibility index (Phi) is 6.37. The van der Waals surface area contributed by atoms with Gasteiger partial charge in [0, 0.05) is 12.7 Å². The molecule has 1 heterocycles. The number of ether oxygens (including phenoxy) is 1. The number of para-hydroxylation sites is 1. The molecule has 4 rings (SSSR count). The van der Waals surface area contributed by atoms with Gasteiger partial charge in [0.05, 0.1) is 27.4 Å². The Hall–Kier alpha value is -3.37. The predicted molar refractivity (Wildman–Crippen MR) is 121 cm³/mol. The maximum atomic E-state index is 13.4. The first-order valence-corrected chi connectivity index (χ1v) is 12.0. The number of hydrogen-bond donors (Lipinski definition) is 1. The molecule has 1 N–H and O–H groups in total. The number of fused-ring (bicyclic) bond motifs is 1. The van der Waals surface area contributed by atoms with Crippen molar-refractivity contribution in [3.63, 3.8) is 0 Å². The number of imidazole rings is 1. The molecule has 0 bridgehead atoms. The van der Waals surface area contributed by atoms with Crippen LogP contribution in [0.25, 0.3) is 16.7 Å². The summed E-state index contributed by atoms with van der Waals surface area (Å²) in [5.74, 6) is 1.05. The molecule has 0 spiro atoms. The van der Waals surface area contributed by atoms with Crippen LogP contribution in [0.4, 0.5) is 13.2 Å². The molecule has 34 heavy (non-hydrogen) atoms. The van der Waals surface area contributed by atoms with Crippen LogP contribution in [0, 0.1) is 6.92 Å². The van der Waals surface area contributed by atoms with Gasteiger partial charge in [-0.1, -0.05) is 12.1 Å². The van der Waals surface area contributed by atoms with Gasteiger partial charge in [0.1, 0.15) is 22.8 Å². The highest BCUT2D eigenvalue weighted by Gasteiger charge is 2.34. The van der Waals surface area contributed by atoms with E-state index in [1.807, 2.05) is 0 Å². The average Bonchev–Trinajstić information content (AvgIpc) is 3.13. The van der Waals surface area contributed by atoms with E-state index < -0.39 is 21.6 Å². The minimum atomic E-state index is -4.52. The number of aliphatic hydroxyl groups is 1. The quantitative estimate of drug-likeness (QED) is 0.380. The Labute approximate surface area is 194 Å². The number of aromatic nitrogens is 2. The standard InChI is InChI=1S/C24H21F3N2O4S/c1-16-28-23-21(24(25,26)27)7-3-8-22(23)29(16)17-5-2-6-19(15-17)33-18-9-11-20(12-10-18)34(31,32)14-4-13-30/h2-3,5-12,15,30H,4,13-14H2,1H3. The van der Waals surface area contributed by atoms with Gasteiger partial charge in [0.15, 0.2) is 9.84 Å². The van der Waals surface area contributed by atoms with Gasteiger partial charge in [-0.3, -0.25) is 4.57 Å². The Balaban J connectivity index is 1.64. The molecule has 0 aliphatic heterocycles. The first-order chi connectivity index (χ1) is 16.1. The lowest BCUT2D eigenvalue weighted by molar-refractivity contribution is -0.136. The van der Waals surface area contributed by atoms with Crippen molar-refractivity contribution in [3.8, 4) is 17.2 Å². The second-order valence-electron chi connectivity index (χ2n) is 7.63. The molecule has 0 aliphatic rings. The number of halogens is 3. The van der Waals surface area contributed by atoms with Crippen molar-refractivity contribution in [2.75, 3.05) is 12.4 Å². The molecule has 0 aliphatic carbocycles. The third-order valence-electron chi connectivity index (χ3n) is 5.22. The zero-order valence-electron chi connectivity index (χ0n) is 18.1. The van der Waals surface area contributed by atoms with Crippen LogP contribution in [0.5, 0.6) is 11.5 Å². The molecule has 0 fully saturated rings. The van der Waals surface area contributed by atoms with Crippen molar-refractivity contribution < 1.29 is 31.4 Å². The van der Waals surface area contributed by atoms with E-state index in [9.17, 15) is 21.6 Å². The van der Waals surface area contributed by atoms with Crippen LogP contribution < -0.4 is 4.74 Å². The van der Waals surface area contributed by atoms with Gasteiger partial charge in [0.25, 0.3) is 0 Å². The van der Waals surface area contributed by atoms with Crippen molar-refractivity contribution in [3.05, 3.63) is 78.1 Å². The van der Waals surface area contributed by atoms with E-state index in [0.29, 0.717) is 28.5 Å². The Bertz CT molecular complexity index is 1430. The van der Waals surface area contributed by atoms with E-state index in [4.69, 9.17) is 9.84 Å². The number of nitrogens with zero attached hydrogens (tertiary/aromatic N) is 2. The molecular formula is C24H21F3N2O4S. The summed E-state index contributed by atoms with van der Waals surface area (Å²) in [6.45, 7) is 1.42. The lowest BCUT2D eigenvalue weighted by atomic mass is 10.1. The van der Waals surface area contributed by atoms with Crippen LogP contribution in [-0.2, 0) is 16.0 Å². The third kappa shape index (κ3) is 4.78. The second kappa shape index (κ2) is 9.11. The maximum absolute atomic E-state index is 13.4. The molecule has 0 radical (unpaired) electrons. The summed E-state index contributed by atoms with van der Waals surface area (Å²) < 4.78 is 72.2. The molecule has 3 aromatic carbocycles. The minimum absolute atomic E-state index is 0.128. The predicted octanol–water partition coefficient (Wildman–Crippen LogP) is 5.30. The highest BCUT2D eigenvalue weighted by Crippen LogP contribution is 2.36. The molecule has 0 amide bonds. The monoisotopic (exact) mass is 490 g/mol. The summed E-state index contributed by atoms with van der Waals surface area (Å²) in [5.41, 5.74) is -0.0351. The van der Waals surface area contributed by atoms with Crippen molar-refractivity contribution >= 4 is 20.9 Å². The fraction of sp³-hybridized carbons (Fsp3) is 0.208. The lowest BCUT2D eigenvalue weighted by Gasteiger charge is -2.12. The Morgan fingerprint density at radius 2 is 1.71 bits per heavy atom. The van der Waals surface area contributed by atoms with E-state index in [2.05, 4.69) is 4.98 Å². The van der Waals surface area contributed by atoms with E-state index in [1.165, 1.54) is 30.3 Å². The highest BCUT2D eigenvalue weighted by molar-refractivity contribution is 7.91. The zero-order valence-corrected chi connectivity index (χ0v) is 18.9. The number of sulfone groups is 1. The van der Waals surface area contributed by atoms with E-state index >= 15 is 0 Å². The summed E-state index contributed by atoms with van der Waals surface area (Å²) in [6, 6.07) is 16.6. The topological polar surface area (TPSA) is 81.4 Å². The molecular weight excluding hydrogens is 469 g/mol. The molecule has 0 atom stereocenters. The van der Waals surface area contributed by atoms with Crippen LogP contribution >= 0.6 is 0 Å². The molecule has 4 aromatic rings. The van der Waals surface area contributed by atoms with Crippen LogP contribution in [0.3, 0.4) is 0 Å². The third-order valence-corrected chi connectivity index (χ3v) is 7.04. The van der Waals surface area contributed by atoms with Gasteiger partial charge >= 0.3 is 6.18 Å². The van der Waals surface area contributed by atoms with Gasteiger partial charge in [0.2, 0.25) is 0 Å². The zero-order chi connectivity index (χ0) is 24.5. The van der Waals surface area contributed by atoms with Gasteiger partial charge < -0.3 is 9.84 Å². The number of aryl methyl sites for hydroxylation is 1. The molecule has 1 aromatic heterocycles. The normalized spacial score (nSPS) is 12.3. The van der Waals surface area contributed by atoms with E-state index in [0.717, 1.165) is 6.07 Å². The molecule has 0 saturated heterocycles. The van der Waals surface area contributed by atoms with Crippen LogP contribution in [0.2, 0.25) is 0 Å². The molecule has 0 unspecified atom stereocenters. The van der Waals surface area contributed by atoms with Gasteiger partial charge in [-0.15, -0.1) is 0 Å². The van der Waals surface area contributed by atoms with Crippen molar-refractivity contribution in [2.45, 2.75) is 24.4 Å². The van der Waals surface area contributed by atoms with Gasteiger partial charge in [-0.2, -0.15) is 13.2 Å². The summed E-state index contributed by atoms with van der Waals surface area (Å²) >= 11 is 0. The number of rotatable bonds is 7. The fourth-order valence-corrected chi connectivity index (χ4v) is 4.98. The highest BCUT2D eigenvalue weighted by atomic mass is 32.2. The first kappa shape index (κ1) is 23.8. The van der Waals surface area contributed by atoms with Crippen LogP contribution in [-0.4, -0.2) is 35.4 Å². The van der Waals surface area contributed by atoms with Crippen molar-refractivity contribution in [2.24, 2.45) is 0 Å². The van der Waals surface area contributed by atoms with Crippen LogP contribution in [0.1, 0.15) is 17.8 Å². The Morgan fingerprint density at radius 3 is 2.38 bits per heavy atom. The summed E-state index contributed by atoms with van der Waals surface area (Å²) in [4.78, 5) is 4.28. The first-order valence-electron chi connectivity index (χ1n) is 10.4. The van der Waals surface area contributed by atoms with Crippen LogP contribution in [0.15, 0.2) is 71.6 Å². The smallest absolute Gasteiger partial charge is 0.418 e. The minimum Gasteiger partial charge on any atom is -0.457 e. The molecule has 6 nitrogen and oxygen atoms in total. The average molecular weight is 491 g/mol. The fourth-order valence-electron chi connectivity index (χ4n) is 3.68. The van der Waals surface area contributed by atoms with E-state index in [-0.39, 0.29) is 29.2 Å². The van der Waals surface area contributed by atoms with Crippen molar-refractivity contribution in [1.29, 1.82) is 0 Å². The molecule has 178 valence electrons. The summed E-state index contributed by atoms with van der Waals surface area (Å²) in [7, 11) is -3.49. The molecule has 10 heteroatoms. The maximum Gasteiger partial charge on any atom is 0.418 e. The SMILES string of the molecule is Cc1nc2c(C(F)(F)F)cccc2n1-c1cccc(Oc2ccc(S(=O)(=O)CCCO)cc2)c1. The Morgan fingerprint density at radius 1 is 1.00 bits per heavy atom. The van der Waals surface area contributed by atoms with Gasteiger partial charge in [-0.05, 0) is 61.9 Å². The number of aliphatic hydroxyl groups excluding tert-OH is 1. The summed E-state index contributed by atoms with van der Waals surface area (Å²) in [6.07, 6.45) is -4.37. The molecule has 0 saturated carbocycles. The van der Waals surface area contributed by atoms with Crippen molar-refractivity contribution in [1.82, 2.24) is 9.55 Å². The van der Waals surface area contributed by atoms with Gasteiger partial charge in [-0.25, -0.2) is 13.4 Å². The number of alkyl halides is 3. The second-order valence-corrected chi connectivity index (χ2v) is 9.74. The lowest BCUT2D eigenvalue weighted by Crippen LogP contribution is -2.08. The summed E-state index contributed by atoms with van der Waals surface area (Å²) in [5, 5.41) is 8.86. The largest absolute Gasteiger partial charge is 0.457 e. The number of benzene rings is 3.